The van der Waals surface area contributed by atoms with E-state index in [1.54, 1.807) is 18.2 Å². The fourth-order valence-electron chi connectivity index (χ4n) is 2.70. The van der Waals surface area contributed by atoms with Crippen LogP contribution in [-0.4, -0.2) is 12.5 Å². The minimum Gasteiger partial charge on any atom is -0.367 e. The highest BCUT2D eigenvalue weighted by Crippen LogP contribution is 2.30. The van der Waals surface area contributed by atoms with Gasteiger partial charge < -0.3 is 4.90 Å². The first kappa shape index (κ1) is 13.6. The lowest BCUT2D eigenvalue weighted by molar-refractivity contribution is 0.0953. The molecule has 0 bridgehead atoms. The van der Waals surface area contributed by atoms with E-state index in [9.17, 15) is 9.18 Å². The smallest absolute Gasteiger partial charge is 0.265 e. The van der Waals surface area contributed by atoms with E-state index in [0.29, 0.717) is 12.1 Å². The van der Waals surface area contributed by atoms with Gasteiger partial charge in [0.2, 0.25) is 0 Å². The van der Waals surface area contributed by atoms with Crippen LogP contribution in [0.5, 0.6) is 0 Å². The van der Waals surface area contributed by atoms with Gasteiger partial charge in [0.25, 0.3) is 5.91 Å². The number of halogens is 1. The zero-order chi connectivity index (χ0) is 14.8. The lowest BCUT2D eigenvalue weighted by Crippen LogP contribution is -2.30. The summed E-state index contributed by atoms with van der Waals surface area (Å²) in [4.78, 5) is 13.7. The van der Waals surface area contributed by atoms with Gasteiger partial charge in [-0.15, -0.1) is 0 Å². The number of amides is 1. The van der Waals surface area contributed by atoms with Gasteiger partial charge in [-0.2, -0.15) is 0 Å². The molecule has 0 aromatic heterocycles. The normalized spacial score (nSPS) is 13.1. The summed E-state index contributed by atoms with van der Waals surface area (Å²) in [6, 6.07) is 12.2. The molecule has 0 saturated carbocycles. The first-order chi connectivity index (χ1) is 10.2. The Labute approximate surface area is 122 Å². The second-order valence-electron chi connectivity index (χ2n) is 5.12. The summed E-state index contributed by atoms with van der Waals surface area (Å²) < 4.78 is 13.4. The SMILES string of the molecule is NNC(=O)c1cccc(CN2CCc3ccc(F)cc32)c1. The summed E-state index contributed by atoms with van der Waals surface area (Å²) in [5.74, 6) is 4.61. The number of nitrogens with one attached hydrogen (secondary N) is 1. The predicted octanol–water partition coefficient (Wildman–Crippen LogP) is 1.99. The van der Waals surface area contributed by atoms with Crippen molar-refractivity contribution in [3.05, 3.63) is 65.0 Å². The lowest BCUT2D eigenvalue weighted by atomic mass is 10.1. The minimum absolute atomic E-state index is 0.225. The molecule has 3 rings (SSSR count). The van der Waals surface area contributed by atoms with Crippen molar-refractivity contribution in [3.8, 4) is 0 Å². The van der Waals surface area contributed by atoms with E-state index in [1.807, 2.05) is 18.2 Å². The average molecular weight is 285 g/mol. The zero-order valence-electron chi connectivity index (χ0n) is 11.5. The van der Waals surface area contributed by atoms with Crippen molar-refractivity contribution in [2.75, 3.05) is 11.4 Å². The van der Waals surface area contributed by atoms with Crippen molar-refractivity contribution in [1.82, 2.24) is 5.43 Å². The highest BCUT2D eigenvalue weighted by molar-refractivity contribution is 5.93. The maximum Gasteiger partial charge on any atom is 0.265 e. The third-order valence-corrected chi connectivity index (χ3v) is 3.73. The number of hydrazine groups is 1. The van der Waals surface area contributed by atoms with Crippen LogP contribution in [0.3, 0.4) is 0 Å². The molecule has 0 spiro atoms. The van der Waals surface area contributed by atoms with E-state index >= 15 is 0 Å². The lowest BCUT2D eigenvalue weighted by Gasteiger charge is -2.19. The molecule has 0 saturated heterocycles. The van der Waals surface area contributed by atoms with E-state index in [-0.39, 0.29) is 11.7 Å². The number of carbonyl (C=O) groups is 1. The van der Waals surface area contributed by atoms with Gasteiger partial charge in [0.05, 0.1) is 0 Å². The third kappa shape index (κ3) is 2.73. The van der Waals surface area contributed by atoms with Crippen LogP contribution in [0.15, 0.2) is 42.5 Å². The van der Waals surface area contributed by atoms with Crippen molar-refractivity contribution in [1.29, 1.82) is 0 Å². The van der Waals surface area contributed by atoms with Crippen LogP contribution in [0, 0.1) is 5.82 Å². The molecule has 4 nitrogen and oxygen atoms in total. The number of anilines is 1. The van der Waals surface area contributed by atoms with Crippen molar-refractivity contribution in [2.24, 2.45) is 5.84 Å². The van der Waals surface area contributed by atoms with Gasteiger partial charge >= 0.3 is 0 Å². The fraction of sp³-hybridized carbons (Fsp3) is 0.188. The van der Waals surface area contributed by atoms with Crippen LogP contribution in [0.25, 0.3) is 0 Å². The Morgan fingerprint density at radius 2 is 2.14 bits per heavy atom. The number of fused-ring (bicyclic) bond motifs is 1. The Balaban J connectivity index is 1.83. The Kier molecular flexibility index (Phi) is 3.58. The average Bonchev–Trinajstić information content (AvgIpc) is 2.89. The van der Waals surface area contributed by atoms with Gasteiger partial charge in [-0.3, -0.25) is 10.2 Å². The van der Waals surface area contributed by atoms with Crippen LogP contribution < -0.4 is 16.2 Å². The van der Waals surface area contributed by atoms with Crippen LogP contribution in [0.1, 0.15) is 21.5 Å². The Hall–Kier alpha value is -2.40. The summed E-state index contributed by atoms with van der Waals surface area (Å²) in [5, 5.41) is 0. The summed E-state index contributed by atoms with van der Waals surface area (Å²) >= 11 is 0. The summed E-state index contributed by atoms with van der Waals surface area (Å²) in [6.07, 6.45) is 0.915. The van der Waals surface area contributed by atoms with Crippen LogP contribution >= 0.6 is 0 Å². The maximum atomic E-state index is 13.4. The molecule has 1 aliphatic rings. The Morgan fingerprint density at radius 1 is 1.29 bits per heavy atom. The van der Waals surface area contributed by atoms with Gasteiger partial charge in [-0.05, 0) is 41.8 Å². The predicted molar refractivity (Wildman–Crippen MR) is 79.2 cm³/mol. The quantitative estimate of drug-likeness (QED) is 0.515. The molecule has 1 heterocycles. The van der Waals surface area contributed by atoms with E-state index in [0.717, 1.165) is 29.8 Å². The molecule has 3 N–H and O–H groups in total. The highest BCUT2D eigenvalue weighted by Gasteiger charge is 2.19. The summed E-state index contributed by atoms with van der Waals surface area (Å²) in [7, 11) is 0. The number of benzene rings is 2. The molecule has 0 unspecified atom stereocenters. The molecule has 2 aromatic rings. The first-order valence-electron chi connectivity index (χ1n) is 6.80. The van der Waals surface area contributed by atoms with E-state index in [1.165, 1.54) is 6.07 Å². The first-order valence-corrected chi connectivity index (χ1v) is 6.80. The van der Waals surface area contributed by atoms with Crippen molar-refractivity contribution < 1.29 is 9.18 Å². The molecule has 2 aromatic carbocycles. The molecule has 0 fully saturated rings. The van der Waals surface area contributed by atoms with E-state index < -0.39 is 0 Å². The third-order valence-electron chi connectivity index (χ3n) is 3.73. The van der Waals surface area contributed by atoms with Crippen molar-refractivity contribution in [3.63, 3.8) is 0 Å². The van der Waals surface area contributed by atoms with Gasteiger partial charge in [0.15, 0.2) is 0 Å². The van der Waals surface area contributed by atoms with Gasteiger partial charge in [0.1, 0.15) is 5.82 Å². The molecular weight excluding hydrogens is 269 g/mol. The monoisotopic (exact) mass is 285 g/mol. The summed E-state index contributed by atoms with van der Waals surface area (Å²) in [5.41, 5.74) is 5.73. The number of hydrogen-bond donors (Lipinski definition) is 2. The van der Waals surface area contributed by atoms with Crippen LogP contribution in [0.2, 0.25) is 0 Å². The molecule has 21 heavy (non-hydrogen) atoms. The summed E-state index contributed by atoms with van der Waals surface area (Å²) in [6.45, 7) is 1.49. The number of carbonyl (C=O) groups excluding carboxylic acids is 1. The van der Waals surface area contributed by atoms with Gasteiger partial charge in [-0.25, -0.2) is 10.2 Å². The molecule has 0 radical (unpaired) electrons. The number of nitrogen functional groups attached to an aromatic ring is 1. The molecule has 0 aliphatic carbocycles. The molecule has 1 amide bonds. The fourth-order valence-corrected chi connectivity index (χ4v) is 2.70. The van der Waals surface area contributed by atoms with Gasteiger partial charge in [-0.1, -0.05) is 18.2 Å². The van der Waals surface area contributed by atoms with Crippen molar-refractivity contribution >= 4 is 11.6 Å². The second kappa shape index (κ2) is 5.54. The molecular formula is C16H16FN3O. The van der Waals surface area contributed by atoms with Gasteiger partial charge in [0, 0.05) is 24.3 Å². The Bertz CT molecular complexity index is 687. The van der Waals surface area contributed by atoms with E-state index in [4.69, 9.17) is 5.84 Å². The number of rotatable bonds is 3. The topological polar surface area (TPSA) is 58.4 Å². The molecule has 1 aliphatic heterocycles. The number of hydrogen-bond acceptors (Lipinski definition) is 3. The van der Waals surface area contributed by atoms with Crippen molar-refractivity contribution in [2.45, 2.75) is 13.0 Å². The minimum atomic E-state index is -0.315. The largest absolute Gasteiger partial charge is 0.367 e. The highest BCUT2D eigenvalue weighted by atomic mass is 19.1. The molecule has 0 atom stereocenters. The second-order valence-corrected chi connectivity index (χ2v) is 5.12. The standard InChI is InChI=1S/C16H16FN3O/c17-14-5-4-12-6-7-20(15(12)9-14)10-11-2-1-3-13(8-11)16(21)19-18/h1-5,8-9H,6-7,10,18H2,(H,19,21). The molecule has 5 heteroatoms. The zero-order valence-corrected chi connectivity index (χ0v) is 11.5. The molecule has 108 valence electrons. The van der Waals surface area contributed by atoms with E-state index in [2.05, 4.69) is 10.3 Å². The Morgan fingerprint density at radius 3 is 2.95 bits per heavy atom. The van der Waals surface area contributed by atoms with Crippen LogP contribution in [-0.2, 0) is 13.0 Å². The maximum absolute atomic E-state index is 13.4. The van der Waals surface area contributed by atoms with Crippen LogP contribution in [0.4, 0.5) is 10.1 Å². The number of nitrogens with two attached hydrogens (primary N) is 1. The number of nitrogens with zero attached hydrogens (tertiary/aromatic N) is 1.